The number of nitrogens with one attached hydrogen (secondary N) is 1. The second kappa shape index (κ2) is 9.51. The summed E-state index contributed by atoms with van der Waals surface area (Å²) in [4.78, 5) is 29.6. The first-order valence-electron chi connectivity index (χ1n) is 10.2. The van der Waals surface area contributed by atoms with Crippen LogP contribution in [0.4, 0.5) is 4.39 Å². The molecule has 4 rings (SSSR count). The summed E-state index contributed by atoms with van der Waals surface area (Å²) in [5, 5.41) is 7.35. The van der Waals surface area contributed by atoms with Crippen molar-refractivity contribution in [2.45, 2.75) is 13.1 Å². The fraction of sp³-hybridized carbons (Fsp3) is 0.217. The van der Waals surface area contributed by atoms with Crippen molar-refractivity contribution in [2.24, 2.45) is 0 Å². The van der Waals surface area contributed by atoms with Gasteiger partial charge in [0.2, 0.25) is 0 Å². The van der Waals surface area contributed by atoms with E-state index in [1.165, 1.54) is 37.4 Å². The number of carbonyl (C=O) groups is 1. The first-order chi connectivity index (χ1) is 16.0. The van der Waals surface area contributed by atoms with E-state index in [-0.39, 0.29) is 30.4 Å². The maximum Gasteiger partial charge on any atom is 0.264 e. The average Bonchev–Trinajstić information content (AvgIpc) is 3.25. The first-order valence-corrected chi connectivity index (χ1v) is 10.2. The zero-order chi connectivity index (χ0) is 23.4. The molecule has 9 nitrogen and oxygen atoms in total. The molecular formula is C23H22FN5O4. The molecule has 0 unspecified atom stereocenters. The number of hydrogen-bond donors (Lipinski definition) is 1. The van der Waals surface area contributed by atoms with Crippen LogP contribution >= 0.6 is 0 Å². The van der Waals surface area contributed by atoms with Gasteiger partial charge < -0.3 is 14.8 Å². The third-order valence-corrected chi connectivity index (χ3v) is 5.18. The van der Waals surface area contributed by atoms with Crippen LogP contribution < -0.4 is 20.3 Å². The Morgan fingerprint density at radius 2 is 1.91 bits per heavy atom. The van der Waals surface area contributed by atoms with E-state index < -0.39 is 0 Å². The molecule has 0 aliphatic heterocycles. The van der Waals surface area contributed by atoms with Crippen LogP contribution in [-0.2, 0) is 13.1 Å². The average molecular weight is 451 g/mol. The van der Waals surface area contributed by atoms with Crippen LogP contribution in [-0.4, -0.2) is 46.0 Å². The second-order valence-electron chi connectivity index (χ2n) is 7.20. The zero-order valence-electron chi connectivity index (χ0n) is 18.1. The van der Waals surface area contributed by atoms with Crippen molar-refractivity contribution in [1.82, 2.24) is 24.6 Å². The SMILES string of the molecule is COc1ccc(C(=O)NCCn2ncc3c(=O)n(Cc4ccccc4F)cnc32)cc1OC. The topological polar surface area (TPSA) is 100 Å². The summed E-state index contributed by atoms with van der Waals surface area (Å²) >= 11 is 0. The molecule has 33 heavy (non-hydrogen) atoms. The molecule has 2 heterocycles. The van der Waals surface area contributed by atoms with Gasteiger partial charge in [-0.2, -0.15) is 5.10 Å². The van der Waals surface area contributed by atoms with Crippen LogP contribution in [0.15, 0.2) is 59.8 Å². The lowest BCUT2D eigenvalue weighted by Gasteiger charge is -2.10. The van der Waals surface area contributed by atoms with Gasteiger partial charge in [-0.25, -0.2) is 14.1 Å². The fourth-order valence-electron chi connectivity index (χ4n) is 3.44. The second-order valence-corrected chi connectivity index (χ2v) is 7.20. The minimum Gasteiger partial charge on any atom is -0.493 e. The van der Waals surface area contributed by atoms with Gasteiger partial charge in [0.25, 0.3) is 11.5 Å². The third kappa shape index (κ3) is 4.54. The molecule has 0 radical (unpaired) electrons. The molecule has 0 saturated carbocycles. The summed E-state index contributed by atoms with van der Waals surface area (Å²) < 4.78 is 27.2. The number of fused-ring (bicyclic) bond motifs is 1. The highest BCUT2D eigenvalue weighted by atomic mass is 19.1. The van der Waals surface area contributed by atoms with Crippen LogP contribution in [0.2, 0.25) is 0 Å². The summed E-state index contributed by atoms with van der Waals surface area (Å²) in [6.45, 7) is 0.650. The highest BCUT2D eigenvalue weighted by Gasteiger charge is 2.13. The Balaban J connectivity index is 1.44. The quantitative estimate of drug-likeness (QED) is 0.441. The fourth-order valence-corrected chi connectivity index (χ4v) is 3.44. The van der Waals surface area contributed by atoms with Crippen LogP contribution in [0.3, 0.4) is 0 Å². The first kappa shape index (κ1) is 22.0. The van der Waals surface area contributed by atoms with E-state index in [9.17, 15) is 14.0 Å². The van der Waals surface area contributed by atoms with Crippen molar-refractivity contribution < 1.29 is 18.7 Å². The van der Waals surface area contributed by atoms with Gasteiger partial charge in [-0.1, -0.05) is 18.2 Å². The smallest absolute Gasteiger partial charge is 0.264 e. The summed E-state index contributed by atoms with van der Waals surface area (Å²) in [6.07, 6.45) is 2.80. The Morgan fingerprint density at radius 3 is 2.67 bits per heavy atom. The lowest BCUT2D eigenvalue weighted by Crippen LogP contribution is -2.28. The zero-order valence-corrected chi connectivity index (χ0v) is 18.1. The van der Waals surface area contributed by atoms with E-state index in [0.29, 0.717) is 40.2 Å². The predicted molar refractivity (Wildman–Crippen MR) is 119 cm³/mol. The van der Waals surface area contributed by atoms with Crippen molar-refractivity contribution in [2.75, 3.05) is 20.8 Å². The van der Waals surface area contributed by atoms with Crippen molar-refractivity contribution in [3.05, 3.63) is 82.3 Å². The minimum absolute atomic E-state index is 0.0704. The monoisotopic (exact) mass is 451 g/mol. The molecule has 2 aromatic heterocycles. The molecule has 170 valence electrons. The van der Waals surface area contributed by atoms with Gasteiger partial charge >= 0.3 is 0 Å². The molecule has 1 amide bonds. The highest BCUT2D eigenvalue weighted by molar-refractivity contribution is 5.94. The Hall–Kier alpha value is -4.21. The highest BCUT2D eigenvalue weighted by Crippen LogP contribution is 2.27. The van der Waals surface area contributed by atoms with Crippen LogP contribution in [0.5, 0.6) is 11.5 Å². The lowest BCUT2D eigenvalue weighted by atomic mass is 10.2. The van der Waals surface area contributed by atoms with Crippen molar-refractivity contribution in [3.63, 3.8) is 0 Å². The minimum atomic E-state index is -0.384. The number of amides is 1. The van der Waals surface area contributed by atoms with E-state index in [4.69, 9.17) is 9.47 Å². The molecular weight excluding hydrogens is 429 g/mol. The number of ether oxygens (including phenoxy) is 2. The number of carbonyl (C=O) groups excluding carboxylic acids is 1. The van der Waals surface area contributed by atoms with Gasteiger partial charge in [0.05, 0.1) is 33.5 Å². The maximum atomic E-state index is 13.9. The molecule has 0 spiro atoms. The van der Waals surface area contributed by atoms with Crippen LogP contribution in [0.1, 0.15) is 15.9 Å². The molecule has 2 aromatic carbocycles. The normalized spacial score (nSPS) is 10.9. The Kier molecular flexibility index (Phi) is 6.34. The number of halogens is 1. The van der Waals surface area contributed by atoms with Gasteiger partial charge in [-0.15, -0.1) is 0 Å². The molecule has 0 atom stereocenters. The molecule has 0 aliphatic rings. The van der Waals surface area contributed by atoms with E-state index in [1.807, 2.05) is 0 Å². The van der Waals surface area contributed by atoms with Gasteiger partial charge in [0.15, 0.2) is 17.1 Å². The number of hydrogen-bond acceptors (Lipinski definition) is 6. The van der Waals surface area contributed by atoms with Crippen LogP contribution in [0.25, 0.3) is 11.0 Å². The lowest BCUT2D eigenvalue weighted by molar-refractivity contribution is 0.0951. The van der Waals surface area contributed by atoms with E-state index in [1.54, 1.807) is 41.1 Å². The Labute approximate surface area is 188 Å². The van der Waals surface area contributed by atoms with Gasteiger partial charge in [0.1, 0.15) is 17.5 Å². The predicted octanol–water partition coefficient (Wildman–Crippen LogP) is 2.23. The Bertz CT molecular complexity index is 1360. The molecule has 0 aliphatic carbocycles. The molecule has 4 aromatic rings. The summed E-state index contributed by atoms with van der Waals surface area (Å²) in [5.41, 5.74) is 0.896. The van der Waals surface area contributed by atoms with E-state index in [0.717, 1.165) is 0 Å². The summed E-state index contributed by atoms with van der Waals surface area (Å²) in [6, 6.07) is 11.2. The molecule has 10 heteroatoms. The molecule has 0 fully saturated rings. The van der Waals surface area contributed by atoms with Gasteiger partial charge in [0, 0.05) is 17.7 Å². The van der Waals surface area contributed by atoms with E-state index in [2.05, 4.69) is 15.4 Å². The molecule has 0 bridgehead atoms. The maximum absolute atomic E-state index is 13.9. The number of nitrogens with zero attached hydrogens (tertiary/aromatic N) is 4. The Morgan fingerprint density at radius 1 is 1.12 bits per heavy atom. The summed E-state index contributed by atoms with van der Waals surface area (Å²) in [5.74, 6) is 0.320. The molecule has 1 N–H and O–H groups in total. The number of benzene rings is 2. The molecule has 0 saturated heterocycles. The van der Waals surface area contributed by atoms with E-state index >= 15 is 0 Å². The van der Waals surface area contributed by atoms with Crippen molar-refractivity contribution >= 4 is 16.9 Å². The van der Waals surface area contributed by atoms with Gasteiger partial charge in [-0.3, -0.25) is 14.2 Å². The van der Waals surface area contributed by atoms with Crippen molar-refractivity contribution in [3.8, 4) is 11.5 Å². The number of aromatic nitrogens is 4. The van der Waals surface area contributed by atoms with Gasteiger partial charge in [-0.05, 0) is 24.3 Å². The van der Waals surface area contributed by atoms with Crippen LogP contribution in [0, 0.1) is 5.82 Å². The largest absolute Gasteiger partial charge is 0.493 e. The standard InChI is InChI=1S/C23H22FN5O4/c1-32-19-8-7-15(11-20(19)33-2)22(30)25-9-10-29-21-17(12-27-29)23(31)28(14-26-21)13-16-5-3-4-6-18(16)24/h3-8,11-12,14H,9-10,13H2,1-2H3,(H,25,30). The number of methoxy groups -OCH3 is 2. The van der Waals surface area contributed by atoms with Crippen molar-refractivity contribution in [1.29, 1.82) is 0 Å². The third-order valence-electron chi connectivity index (χ3n) is 5.18. The number of rotatable bonds is 8. The summed E-state index contributed by atoms with van der Waals surface area (Å²) in [7, 11) is 3.02.